The summed E-state index contributed by atoms with van der Waals surface area (Å²) in [4.78, 5) is 16.6. The Hall–Kier alpha value is -2.43. The maximum Gasteiger partial charge on any atom is 0.244 e. The highest BCUT2D eigenvalue weighted by atomic mass is 35.5. The van der Waals surface area contributed by atoms with E-state index in [-0.39, 0.29) is 23.9 Å². The van der Waals surface area contributed by atoms with Gasteiger partial charge in [0.1, 0.15) is 11.8 Å². The quantitative estimate of drug-likeness (QED) is 0.492. The highest BCUT2D eigenvalue weighted by molar-refractivity contribution is 7.89. The van der Waals surface area contributed by atoms with Gasteiger partial charge in [-0.2, -0.15) is 4.31 Å². The van der Waals surface area contributed by atoms with Crippen molar-refractivity contribution in [2.24, 2.45) is 0 Å². The second kappa shape index (κ2) is 10.9. The molecule has 10 heteroatoms. The first-order chi connectivity index (χ1) is 16.4. The molecule has 0 bridgehead atoms. The van der Waals surface area contributed by atoms with E-state index in [9.17, 15) is 13.2 Å². The number of piperazine rings is 1. The molecule has 34 heavy (non-hydrogen) atoms. The fourth-order valence-corrected chi connectivity index (χ4v) is 6.66. The monoisotopic (exact) mass is 519 g/mol. The van der Waals surface area contributed by atoms with Gasteiger partial charge in [0.2, 0.25) is 15.9 Å². The Morgan fingerprint density at radius 1 is 1.12 bits per heavy atom. The van der Waals surface area contributed by atoms with Crippen LogP contribution in [-0.4, -0.2) is 56.3 Å². The first-order valence-electron chi connectivity index (χ1n) is 10.8. The maximum atomic E-state index is 13.6. The van der Waals surface area contributed by atoms with E-state index in [2.05, 4.69) is 10.2 Å². The molecule has 1 saturated heterocycles. The van der Waals surface area contributed by atoms with E-state index < -0.39 is 16.1 Å². The van der Waals surface area contributed by atoms with Crippen molar-refractivity contribution in [3.8, 4) is 5.75 Å². The van der Waals surface area contributed by atoms with Crippen LogP contribution in [0.3, 0.4) is 0 Å². The van der Waals surface area contributed by atoms with Gasteiger partial charge in [-0.1, -0.05) is 48.0 Å². The highest BCUT2D eigenvalue weighted by Crippen LogP contribution is 2.27. The standard InChI is InChI=1S/C24H26ClN3O4S2/c1-32-19-8-5-9-21(14-19)34(30,31)28-13-12-27(16-20-10-11-23(25)33-20)17-22(28)24(29)26-15-18-6-3-2-4-7-18/h2-11,14,22H,12-13,15-17H2,1H3,(H,26,29). The molecule has 2 aromatic carbocycles. The van der Waals surface area contributed by atoms with Crippen molar-refractivity contribution in [1.82, 2.24) is 14.5 Å². The van der Waals surface area contributed by atoms with Crippen molar-refractivity contribution in [2.45, 2.75) is 24.0 Å². The first kappa shape index (κ1) is 24.7. The number of nitrogens with one attached hydrogen (secondary N) is 1. The predicted octanol–water partition coefficient (Wildman–Crippen LogP) is 3.60. The van der Waals surface area contributed by atoms with Crippen LogP contribution in [-0.2, 0) is 27.9 Å². The molecule has 0 saturated carbocycles. The molecule has 180 valence electrons. The van der Waals surface area contributed by atoms with Gasteiger partial charge >= 0.3 is 0 Å². The van der Waals surface area contributed by atoms with Crippen LogP contribution < -0.4 is 10.1 Å². The van der Waals surface area contributed by atoms with Crippen LogP contribution >= 0.6 is 22.9 Å². The lowest BCUT2D eigenvalue weighted by atomic mass is 10.1. The van der Waals surface area contributed by atoms with E-state index in [1.807, 2.05) is 42.5 Å². The molecular formula is C24H26ClN3O4S2. The Labute approximate surface area is 209 Å². The molecule has 2 heterocycles. The first-order valence-corrected chi connectivity index (χ1v) is 13.4. The summed E-state index contributed by atoms with van der Waals surface area (Å²) >= 11 is 7.55. The van der Waals surface area contributed by atoms with Crippen molar-refractivity contribution in [3.63, 3.8) is 0 Å². The van der Waals surface area contributed by atoms with Crippen LogP contribution in [0.2, 0.25) is 4.34 Å². The minimum absolute atomic E-state index is 0.103. The van der Waals surface area contributed by atoms with E-state index in [1.165, 1.54) is 34.9 Å². The fraction of sp³-hybridized carbons (Fsp3) is 0.292. The molecule has 7 nitrogen and oxygen atoms in total. The minimum atomic E-state index is -3.92. The predicted molar refractivity (Wildman–Crippen MR) is 134 cm³/mol. The summed E-state index contributed by atoms with van der Waals surface area (Å²) in [5.41, 5.74) is 0.943. The molecule has 1 unspecified atom stereocenters. The molecule has 0 spiro atoms. The van der Waals surface area contributed by atoms with E-state index in [0.717, 1.165) is 10.4 Å². The number of rotatable bonds is 8. The summed E-state index contributed by atoms with van der Waals surface area (Å²) in [5, 5.41) is 2.92. The average molecular weight is 520 g/mol. The summed E-state index contributed by atoms with van der Waals surface area (Å²) < 4.78 is 34.3. The van der Waals surface area contributed by atoms with Crippen molar-refractivity contribution in [2.75, 3.05) is 26.7 Å². The third-order valence-electron chi connectivity index (χ3n) is 5.68. The van der Waals surface area contributed by atoms with Gasteiger partial charge in [0.05, 0.1) is 16.3 Å². The molecule has 0 radical (unpaired) electrons. The molecule has 3 aromatic rings. The van der Waals surface area contributed by atoms with Crippen LogP contribution in [0, 0.1) is 0 Å². The number of halogens is 1. The summed E-state index contributed by atoms with van der Waals surface area (Å²) in [6, 6.07) is 18.8. The van der Waals surface area contributed by atoms with Crippen LogP contribution in [0.15, 0.2) is 71.6 Å². The second-order valence-corrected chi connectivity index (χ2v) is 11.6. The number of carbonyl (C=O) groups excluding carboxylic acids is 1. The average Bonchev–Trinajstić information content (AvgIpc) is 3.27. The lowest BCUT2D eigenvalue weighted by molar-refractivity contribution is -0.126. The molecular weight excluding hydrogens is 494 g/mol. The lowest BCUT2D eigenvalue weighted by Gasteiger charge is -2.39. The molecule has 1 fully saturated rings. The zero-order valence-corrected chi connectivity index (χ0v) is 21.1. The Kier molecular flexibility index (Phi) is 7.90. The van der Waals surface area contributed by atoms with E-state index in [1.54, 1.807) is 12.1 Å². The zero-order chi connectivity index (χ0) is 24.1. The van der Waals surface area contributed by atoms with Crippen LogP contribution in [0.25, 0.3) is 0 Å². The number of benzene rings is 2. The molecule has 1 aliphatic heterocycles. The number of carbonyl (C=O) groups is 1. The van der Waals surface area contributed by atoms with Gasteiger partial charge in [-0.3, -0.25) is 9.69 Å². The summed E-state index contributed by atoms with van der Waals surface area (Å²) in [6.45, 7) is 1.90. The van der Waals surface area contributed by atoms with Gasteiger partial charge in [0.15, 0.2) is 0 Å². The normalized spacial score (nSPS) is 17.4. The highest BCUT2D eigenvalue weighted by Gasteiger charge is 2.40. The van der Waals surface area contributed by atoms with Crippen LogP contribution in [0.1, 0.15) is 10.4 Å². The Balaban J connectivity index is 1.57. The Morgan fingerprint density at radius 3 is 2.62 bits per heavy atom. The van der Waals surface area contributed by atoms with Crippen molar-refractivity contribution >= 4 is 38.9 Å². The Bertz CT molecular complexity index is 1230. The SMILES string of the molecule is COc1cccc(S(=O)(=O)N2CCN(Cc3ccc(Cl)s3)CC2C(=O)NCc2ccccc2)c1. The molecule has 4 rings (SSSR count). The van der Waals surface area contributed by atoms with Crippen LogP contribution in [0.4, 0.5) is 0 Å². The molecule has 1 amide bonds. The largest absolute Gasteiger partial charge is 0.497 e. The van der Waals surface area contributed by atoms with Gasteiger partial charge < -0.3 is 10.1 Å². The molecule has 0 aliphatic carbocycles. The van der Waals surface area contributed by atoms with Gasteiger partial charge in [-0.25, -0.2) is 8.42 Å². The smallest absolute Gasteiger partial charge is 0.244 e. The van der Waals surface area contributed by atoms with E-state index >= 15 is 0 Å². The zero-order valence-electron chi connectivity index (χ0n) is 18.7. The summed E-state index contributed by atoms with van der Waals surface area (Å²) in [7, 11) is -2.43. The Morgan fingerprint density at radius 2 is 1.91 bits per heavy atom. The number of methoxy groups -OCH3 is 1. The van der Waals surface area contributed by atoms with Crippen molar-refractivity contribution < 1.29 is 17.9 Å². The van der Waals surface area contributed by atoms with Crippen molar-refractivity contribution in [1.29, 1.82) is 0 Å². The second-order valence-electron chi connectivity index (χ2n) is 7.95. The fourth-order valence-electron chi connectivity index (χ4n) is 3.92. The van der Waals surface area contributed by atoms with E-state index in [0.29, 0.717) is 29.7 Å². The van der Waals surface area contributed by atoms with Crippen LogP contribution in [0.5, 0.6) is 5.75 Å². The molecule has 1 N–H and O–H groups in total. The number of ether oxygens (including phenoxy) is 1. The summed E-state index contributed by atoms with van der Waals surface area (Å²) in [6.07, 6.45) is 0. The number of hydrogen-bond donors (Lipinski definition) is 1. The number of hydrogen-bond acceptors (Lipinski definition) is 6. The summed E-state index contributed by atoms with van der Waals surface area (Å²) in [5.74, 6) is 0.114. The minimum Gasteiger partial charge on any atom is -0.497 e. The van der Waals surface area contributed by atoms with Crippen molar-refractivity contribution in [3.05, 3.63) is 81.5 Å². The van der Waals surface area contributed by atoms with Gasteiger partial charge in [-0.05, 0) is 29.8 Å². The third-order valence-corrected chi connectivity index (χ3v) is 8.80. The third kappa shape index (κ3) is 5.79. The maximum absolute atomic E-state index is 13.6. The molecule has 1 aliphatic rings. The molecule has 1 atom stereocenters. The molecule has 1 aromatic heterocycles. The van der Waals surface area contributed by atoms with E-state index in [4.69, 9.17) is 16.3 Å². The number of amides is 1. The number of nitrogens with zero attached hydrogens (tertiary/aromatic N) is 2. The topological polar surface area (TPSA) is 79.0 Å². The number of sulfonamides is 1. The van der Waals surface area contributed by atoms with Gasteiger partial charge in [0, 0.05) is 43.7 Å². The van der Waals surface area contributed by atoms with Gasteiger partial charge in [0.25, 0.3) is 0 Å². The number of thiophene rings is 1. The lowest BCUT2D eigenvalue weighted by Crippen LogP contribution is -2.60. The van der Waals surface area contributed by atoms with Gasteiger partial charge in [-0.15, -0.1) is 11.3 Å².